The highest BCUT2D eigenvalue weighted by atomic mass is 16.5. The molecule has 23 heavy (non-hydrogen) atoms. The molecule has 1 aromatic carbocycles. The van der Waals surface area contributed by atoms with Crippen LogP contribution in [-0.4, -0.2) is 52.8 Å². The Morgan fingerprint density at radius 1 is 1.22 bits per heavy atom. The zero-order valence-corrected chi connectivity index (χ0v) is 13.1. The van der Waals surface area contributed by atoms with Gasteiger partial charge in [-0.05, 0) is 30.0 Å². The maximum absolute atomic E-state index is 12.5. The third-order valence-electron chi connectivity index (χ3n) is 4.95. The normalized spacial score (nSPS) is 25.7. The molecule has 1 aliphatic heterocycles. The summed E-state index contributed by atoms with van der Waals surface area (Å²) in [5.74, 6) is -0.139. The Kier molecular flexibility index (Phi) is 4.02. The molecule has 2 atom stereocenters. The Bertz CT molecular complexity index is 604. The maximum Gasteiger partial charge on any atom is 0.335 e. The number of carbonyl (C=O) groups excluding carboxylic acids is 1. The first kappa shape index (κ1) is 15.8. The van der Waals surface area contributed by atoms with E-state index in [9.17, 15) is 14.7 Å². The Morgan fingerprint density at radius 2 is 1.83 bits per heavy atom. The fraction of sp³-hybridized carbons (Fsp3) is 0.529. The van der Waals surface area contributed by atoms with Crippen molar-refractivity contribution in [2.24, 2.45) is 5.92 Å². The van der Waals surface area contributed by atoms with Gasteiger partial charge >= 0.3 is 5.97 Å². The summed E-state index contributed by atoms with van der Waals surface area (Å²) in [6.07, 6.45) is 1.01. The molecule has 1 saturated carbocycles. The molecule has 1 saturated heterocycles. The van der Waals surface area contributed by atoms with Gasteiger partial charge in [0.25, 0.3) is 0 Å². The number of aliphatic hydroxyl groups is 1. The second kappa shape index (κ2) is 5.85. The molecular formula is C17H21NO5. The lowest BCUT2D eigenvalue weighted by atomic mass is 9.91. The lowest BCUT2D eigenvalue weighted by molar-refractivity contribution is -0.165. The molecule has 0 aromatic heterocycles. The predicted octanol–water partition coefficient (Wildman–Crippen LogP) is 1.24. The van der Waals surface area contributed by atoms with E-state index in [1.165, 1.54) is 0 Å². The summed E-state index contributed by atoms with van der Waals surface area (Å²) in [6.45, 7) is 0.598. The zero-order chi connectivity index (χ0) is 16.6. The van der Waals surface area contributed by atoms with Crippen molar-refractivity contribution in [3.8, 4) is 5.75 Å². The summed E-state index contributed by atoms with van der Waals surface area (Å²) < 4.78 is 5.13. The lowest BCUT2D eigenvalue weighted by Crippen LogP contribution is -2.51. The van der Waals surface area contributed by atoms with Crippen molar-refractivity contribution in [3.63, 3.8) is 0 Å². The summed E-state index contributed by atoms with van der Waals surface area (Å²) in [5, 5.41) is 18.9. The van der Waals surface area contributed by atoms with Crippen molar-refractivity contribution in [1.82, 2.24) is 4.90 Å². The highest BCUT2D eigenvalue weighted by Gasteiger charge is 2.48. The van der Waals surface area contributed by atoms with Gasteiger partial charge in [0.2, 0.25) is 5.91 Å². The van der Waals surface area contributed by atoms with Crippen molar-refractivity contribution < 1.29 is 24.5 Å². The summed E-state index contributed by atoms with van der Waals surface area (Å²) in [5.41, 5.74) is -0.557. The number of rotatable bonds is 4. The first-order valence-electron chi connectivity index (χ1n) is 7.83. The molecule has 6 heteroatoms. The van der Waals surface area contributed by atoms with Crippen LogP contribution in [0.25, 0.3) is 0 Å². The molecule has 124 valence electrons. The minimum absolute atomic E-state index is 0.0283. The standard InChI is InChI=1S/C17H21NO5/c1-23-12-4-2-11(3-5-12)13-10-14(13)15(19)18-8-6-17(22,7-9-18)16(20)21/h2-5,13-14,22H,6-10H2,1H3,(H,20,21)/t13-,14+/m0/s1. The Balaban J connectivity index is 1.57. The van der Waals surface area contributed by atoms with Crippen molar-refractivity contribution in [3.05, 3.63) is 29.8 Å². The van der Waals surface area contributed by atoms with Crippen molar-refractivity contribution >= 4 is 11.9 Å². The SMILES string of the molecule is COc1ccc([C@@H]2C[C@H]2C(=O)N2CCC(O)(C(=O)O)CC2)cc1. The number of hydrogen-bond acceptors (Lipinski definition) is 4. The zero-order valence-electron chi connectivity index (χ0n) is 13.1. The number of carbonyl (C=O) groups is 2. The number of aliphatic carboxylic acids is 1. The molecule has 3 rings (SSSR count). The van der Waals surface area contributed by atoms with Gasteiger partial charge in [0.15, 0.2) is 5.60 Å². The average molecular weight is 319 g/mol. The van der Waals surface area contributed by atoms with Gasteiger partial charge in [0.05, 0.1) is 7.11 Å². The van der Waals surface area contributed by atoms with Crippen molar-refractivity contribution in [1.29, 1.82) is 0 Å². The van der Waals surface area contributed by atoms with Gasteiger partial charge in [0, 0.05) is 31.8 Å². The summed E-state index contributed by atoms with van der Waals surface area (Å²) in [4.78, 5) is 25.2. The van der Waals surface area contributed by atoms with Crippen LogP contribution in [0.5, 0.6) is 5.75 Å². The number of methoxy groups -OCH3 is 1. The van der Waals surface area contributed by atoms with Gasteiger partial charge in [-0.25, -0.2) is 4.79 Å². The van der Waals surface area contributed by atoms with Crippen molar-refractivity contribution in [2.75, 3.05) is 20.2 Å². The van der Waals surface area contributed by atoms with E-state index in [0.717, 1.165) is 17.7 Å². The van der Waals surface area contributed by atoms with Crippen LogP contribution in [0.2, 0.25) is 0 Å². The molecule has 2 fully saturated rings. The molecule has 1 heterocycles. The number of nitrogens with zero attached hydrogens (tertiary/aromatic N) is 1. The smallest absolute Gasteiger partial charge is 0.335 e. The van der Waals surface area contributed by atoms with Crippen LogP contribution < -0.4 is 4.74 Å². The second-order valence-corrected chi connectivity index (χ2v) is 6.38. The predicted molar refractivity (Wildman–Crippen MR) is 82.2 cm³/mol. The van der Waals surface area contributed by atoms with Crippen LogP contribution in [0.3, 0.4) is 0 Å². The molecule has 0 spiro atoms. The van der Waals surface area contributed by atoms with Crippen LogP contribution in [0.4, 0.5) is 0 Å². The van der Waals surface area contributed by atoms with Gasteiger partial charge < -0.3 is 19.8 Å². The number of likely N-dealkylation sites (tertiary alicyclic amines) is 1. The highest BCUT2D eigenvalue weighted by molar-refractivity contribution is 5.84. The topological polar surface area (TPSA) is 87.1 Å². The first-order valence-corrected chi connectivity index (χ1v) is 7.83. The highest BCUT2D eigenvalue weighted by Crippen LogP contribution is 2.49. The minimum Gasteiger partial charge on any atom is -0.497 e. The maximum atomic E-state index is 12.5. The van der Waals surface area contributed by atoms with Gasteiger partial charge in [-0.2, -0.15) is 0 Å². The molecule has 2 N–H and O–H groups in total. The van der Waals surface area contributed by atoms with Gasteiger partial charge in [0.1, 0.15) is 5.75 Å². The third-order valence-corrected chi connectivity index (χ3v) is 4.95. The minimum atomic E-state index is -1.68. The fourth-order valence-corrected chi connectivity index (χ4v) is 3.23. The van der Waals surface area contributed by atoms with Crippen LogP contribution in [-0.2, 0) is 9.59 Å². The molecule has 0 radical (unpaired) electrons. The van der Waals surface area contributed by atoms with Crippen LogP contribution in [0.1, 0.15) is 30.7 Å². The number of amides is 1. The van der Waals surface area contributed by atoms with E-state index in [0.29, 0.717) is 13.1 Å². The Hall–Kier alpha value is -2.08. The number of ether oxygens (including phenoxy) is 1. The fourth-order valence-electron chi connectivity index (χ4n) is 3.23. The van der Waals surface area contributed by atoms with Gasteiger partial charge in [-0.3, -0.25) is 4.79 Å². The van der Waals surface area contributed by atoms with E-state index in [2.05, 4.69) is 0 Å². The van der Waals surface area contributed by atoms with E-state index < -0.39 is 11.6 Å². The van der Waals surface area contributed by atoms with Crippen molar-refractivity contribution in [2.45, 2.75) is 30.8 Å². The molecule has 1 amide bonds. The van der Waals surface area contributed by atoms with Crippen LogP contribution in [0, 0.1) is 5.92 Å². The molecular weight excluding hydrogens is 298 g/mol. The molecule has 6 nitrogen and oxygen atoms in total. The van der Waals surface area contributed by atoms with E-state index in [1.54, 1.807) is 12.0 Å². The second-order valence-electron chi connectivity index (χ2n) is 6.38. The Labute approximate surface area is 134 Å². The first-order chi connectivity index (χ1) is 10.9. The number of benzene rings is 1. The molecule has 0 bridgehead atoms. The largest absolute Gasteiger partial charge is 0.497 e. The summed E-state index contributed by atoms with van der Waals surface area (Å²) in [6, 6.07) is 7.75. The monoisotopic (exact) mass is 319 g/mol. The van der Waals surface area contributed by atoms with Crippen LogP contribution in [0.15, 0.2) is 24.3 Å². The van der Waals surface area contributed by atoms with Gasteiger partial charge in [-0.1, -0.05) is 12.1 Å². The molecule has 1 aromatic rings. The summed E-state index contributed by atoms with van der Waals surface area (Å²) >= 11 is 0. The van der Waals surface area contributed by atoms with E-state index >= 15 is 0 Å². The molecule has 0 unspecified atom stereocenters. The van der Waals surface area contributed by atoms with E-state index in [-0.39, 0.29) is 30.6 Å². The molecule has 2 aliphatic rings. The molecule has 1 aliphatic carbocycles. The number of carboxylic acid groups (broad SMARTS) is 1. The lowest BCUT2D eigenvalue weighted by Gasteiger charge is -2.35. The average Bonchev–Trinajstić information content (AvgIpc) is 3.35. The Morgan fingerprint density at radius 3 is 2.35 bits per heavy atom. The number of carboxylic acids is 1. The van der Waals surface area contributed by atoms with Gasteiger partial charge in [-0.15, -0.1) is 0 Å². The van der Waals surface area contributed by atoms with E-state index in [4.69, 9.17) is 9.84 Å². The number of piperidine rings is 1. The van der Waals surface area contributed by atoms with E-state index in [1.807, 2.05) is 24.3 Å². The van der Waals surface area contributed by atoms with Crippen LogP contribution >= 0.6 is 0 Å². The quantitative estimate of drug-likeness (QED) is 0.872. The third kappa shape index (κ3) is 3.03. The number of hydrogen-bond donors (Lipinski definition) is 2. The summed E-state index contributed by atoms with van der Waals surface area (Å²) in [7, 11) is 1.62.